The van der Waals surface area contributed by atoms with Crippen LogP contribution in [0.3, 0.4) is 0 Å². The Morgan fingerprint density at radius 1 is 1.33 bits per heavy atom. The molecular weight excluding hydrogens is 110 g/mol. The van der Waals surface area contributed by atoms with Gasteiger partial charge in [0.25, 0.3) is 0 Å². The fourth-order valence-electron chi connectivity index (χ4n) is 0.721. The highest BCUT2D eigenvalue weighted by Crippen LogP contribution is 1.97. The first-order chi connectivity index (χ1) is 4.41. The molecule has 1 radical (unpaired) electrons. The summed E-state index contributed by atoms with van der Waals surface area (Å²) >= 11 is 0. The van der Waals surface area contributed by atoms with Crippen molar-refractivity contribution >= 4 is 6.21 Å². The van der Waals surface area contributed by atoms with Crippen LogP contribution in [0.4, 0.5) is 0 Å². The Balaban J connectivity index is 2.75. The summed E-state index contributed by atoms with van der Waals surface area (Å²) in [6.07, 6.45) is 6.81. The minimum absolute atomic E-state index is 0.962. The molecule has 0 aliphatic rings. The Morgan fingerprint density at radius 2 is 2.11 bits per heavy atom. The van der Waals surface area contributed by atoms with Crippen LogP contribution < -0.4 is 0 Å². The van der Waals surface area contributed by atoms with E-state index in [2.05, 4.69) is 18.8 Å². The molecular formula is C8H16N. The van der Waals surface area contributed by atoms with Crippen molar-refractivity contribution in [3.63, 3.8) is 0 Å². The summed E-state index contributed by atoms with van der Waals surface area (Å²) in [5.74, 6) is 0. The van der Waals surface area contributed by atoms with Gasteiger partial charge in [-0.05, 0) is 19.6 Å². The van der Waals surface area contributed by atoms with Gasteiger partial charge in [0.15, 0.2) is 0 Å². The van der Waals surface area contributed by atoms with Crippen molar-refractivity contribution in [3.8, 4) is 0 Å². The predicted molar refractivity (Wildman–Crippen MR) is 42.9 cm³/mol. The van der Waals surface area contributed by atoms with Crippen molar-refractivity contribution < 1.29 is 0 Å². The summed E-state index contributed by atoms with van der Waals surface area (Å²) in [7, 11) is 0. The molecule has 1 heteroatoms. The lowest BCUT2D eigenvalue weighted by molar-refractivity contribution is 0.676. The lowest BCUT2D eigenvalue weighted by Crippen LogP contribution is -1.80. The lowest BCUT2D eigenvalue weighted by Gasteiger charge is -1.92. The highest BCUT2D eigenvalue weighted by Gasteiger charge is 1.82. The first kappa shape index (κ1) is 8.67. The highest BCUT2D eigenvalue weighted by atomic mass is 14.7. The molecule has 0 aromatic rings. The van der Waals surface area contributed by atoms with Gasteiger partial charge < -0.3 is 0 Å². The number of nitrogens with zero attached hydrogens (tertiary/aromatic N) is 1. The van der Waals surface area contributed by atoms with E-state index in [1.165, 1.54) is 25.7 Å². The number of hydrogen-bond donors (Lipinski definition) is 0. The molecule has 0 rings (SSSR count). The first-order valence-corrected chi connectivity index (χ1v) is 3.69. The summed E-state index contributed by atoms with van der Waals surface area (Å²) < 4.78 is 0. The molecule has 0 bridgehead atoms. The molecule has 9 heavy (non-hydrogen) atoms. The second-order valence-electron chi connectivity index (χ2n) is 2.15. The lowest BCUT2D eigenvalue weighted by atomic mass is 10.2. The van der Waals surface area contributed by atoms with Crippen LogP contribution in [0.25, 0.3) is 0 Å². The minimum Gasteiger partial charge on any atom is -0.298 e. The predicted octanol–water partition coefficient (Wildman–Crippen LogP) is 2.47. The van der Waals surface area contributed by atoms with Crippen LogP contribution in [-0.4, -0.2) is 12.8 Å². The molecule has 0 aliphatic carbocycles. The van der Waals surface area contributed by atoms with Crippen molar-refractivity contribution in [2.45, 2.75) is 32.6 Å². The largest absolute Gasteiger partial charge is 0.298 e. The quantitative estimate of drug-likeness (QED) is 0.396. The summed E-state index contributed by atoms with van der Waals surface area (Å²) in [5.41, 5.74) is 0. The van der Waals surface area contributed by atoms with Crippen molar-refractivity contribution in [2.75, 3.05) is 6.54 Å². The van der Waals surface area contributed by atoms with Crippen LogP contribution in [-0.2, 0) is 0 Å². The van der Waals surface area contributed by atoms with Gasteiger partial charge in [-0.1, -0.05) is 26.2 Å². The Hall–Kier alpha value is -0.330. The van der Waals surface area contributed by atoms with Crippen molar-refractivity contribution in [1.82, 2.24) is 0 Å². The molecule has 0 unspecified atom stereocenters. The van der Waals surface area contributed by atoms with Crippen molar-refractivity contribution in [2.24, 2.45) is 4.99 Å². The van der Waals surface area contributed by atoms with Crippen LogP contribution in [0.15, 0.2) is 4.99 Å². The third-order valence-corrected chi connectivity index (χ3v) is 1.27. The van der Waals surface area contributed by atoms with E-state index >= 15 is 0 Å². The third-order valence-electron chi connectivity index (χ3n) is 1.27. The molecule has 0 fully saturated rings. The molecule has 0 aromatic heterocycles. The maximum Gasteiger partial charge on any atom is 0.0385 e. The molecule has 0 N–H and O–H groups in total. The second-order valence-corrected chi connectivity index (χ2v) is 2.15. The number of hydrogen-bond acceptors (Lipinski definition) is 1. The van der Waals surface area contributed by atoms with Gasteiger partial charge in [-0.3, -0.25) is 4.99 Å². The number of rotatable bonds is 5. The average Bonchev–Trinajstić information content (AvgIpc) is 1.89. The molecule has 0 amide bonds. The Bertz CT molecular complexity index is 67.0. The maximum absolute atomic E-state index is 4.01. The van der Waals surface area contributed by atoms with Gasteiger partial charge >= 0.3 is 0 Å². The maximum atomic E-state index is 4.01. The molecule has 0 aromatic carbocycles. The van der Waals surface area contributed by atoms with Crippen LogP contribution in [0.1, 0.15) is 32.6 Å². The Morgan fingerprint density at radius 3 is 2.67 bits per heavy atom. The number of aliphatic imine (C=N–C) groups is 1. The minimum atomic E-state index is 0.962. The van der Waals surface area contributed by atoms with Crippen LogP contribution in [0.2, 0.25) is 0 Å². The van der Waals surface area contributed by atoms with E-state index in [9.17, 15) is 0 Å². The van der Waals surface area contributed by atoms with Gasteiger partial charge in [-0.15, -0.1) is 0 Å². The monoisotopic (exact) mass is 126 g/mol. The average molecular weight is 126 g/mol. The number of unbranched alkanes of at least 4 members (excludes halogenated alkanes) is 3. The fraction of sp³-hybridized carbons (Fsp3) is 0.750. The molecule has 0 heterocycles. The standard InChI is InChI=1S/C8H16N/c1-3-5-6-7-8-9-4-2/h4H,2-3,5-8H2,1H3. The first-order valence-electron chi connectivity index (χ1n) is 3.69. The zero-order chi connectivity index (χ0) is 6.95. The van der Waals surface area contributed by atoms with Gasteiger partial charge in [0.05, 0.1) is 0 Å². The van der Waals surface area contributed by atoms with E-state index in [-0.39, 0.29) is 0 Å². The van der Waals surface area contributed by atoms with Gasteiger partial charge in [0.2, 0.25) is 0 Å². The van der Waals surface area contributed by atoms with Crippen molar-refractivity contribution in [3.05, 3.63) is 6.92 Å². The van der Waals surface area contributed by atoms with E-state index in [1.54, 1.807) is 6.21 Å². The smallest absolute Gasteiger partial charge is 0.0385 e. The third kappa shape index (κ3) is 7.67. The molecule has 0 saturated heterocycles. The molecule has 0 aliphatic heterocycles. The van der Waals surface area contributed by atoms with Crippen LogP contribution in [0, 0.1) is 6.92 Å². The molecule has 1 nitrogen and oxygen atoms in total. The summed E-state index contributed by atoms with van der Waals surface area (Å²) in [6.45, 7) is 6.69. The SMILES string of the molecule is [CH2]C=NCCCCCC. The van der Waals surface area contributed by atoms with E-state index < -0.39 is 0 Å². The topological polar surface area (TPSA) is 12.4 Å². The zero-order valence-corrected chi connectivity index (χ0v) is 6.27. The van der Waals surface area contributed by atoms with Gasteiger partial charge in [0.1, 0.15) is 0 Å². The van der Waals surface area contributed by atoms with E-state index in [4.69, 9.17) is 0 Å². The Labute approximate surface area is 58.2 Å². The van der Waals surface area contributed by atoms with Crippen molar-refractivity contribution in [1.29, 1.82) is 0 Å². The second kappa shape index (κ2) is 7.67. The van der Waals surface area contributed by atoms with Gasteiger partial charge in [-0.2, -0.15) is 0 Å². The highest BCUT2D eigenvalue weighted by molar-refractivity contribution is 5.61. The summed E-state index contributed by atoms with van der Waals surface area (Å²) in [6, 6.07) is 0. The Kier molecular flexibility index (Phi) is 7.39. The van der Waals surface area contributed by atoms with Gasteiger partial charge in [0, 0.05) is 6.54 Å². The van der Waals surface area contributed by atoms with E-state index in [0.29, 0.717) is 0 Å². The van der Waals surface area contributed by atoms with Crippen LogP contribution >= 0.6 is 0 Å². The molecule has 0 spiro atoms. The van der Waals surface area contributed by atoms with E-state index in [0.717, 1.165) is 6.54 Å². The van der Waals surface area contributed by atoms with Gasteiger partial charge in [-0.25, -0.2) is 0 Å². The fourth-order valence-corrected chi connectivity index (χ4v) is 0.721. The van der Waals surface area contributed by atoms with Crippen LogP contribution in [0.5, 0.6) is 0 Å². The molecule has 0 atom stereocenters. The molecule has 53 valence electrons. The molecule has 0 saturated carbocycles. The summed E-state index contributed by atoms with van der Waals surface area (Å²) in [5, 5.41) is 0. The normalized spacial score (nSPS) is 10.9. The summed E-state index contributed by atoms with van der Waals surface area (Å²) in [4.78, 5) is 4.01. The zero-order valence-electron chi connectivity index (χ0n) is 6.27. The van der Waals surface area contributed by atoms with E-state index in [1.807, 2.05) is 0 Å².